The number of aliphatic hydroxyl groups excluding tert-OH is 1. The summed E-state index contributed by atoms with van der Waals surface area (Å²) < 4.78 is 6.30. The van der Waals surface area contributed by atoms with Gasteiger partial charge < -0.3 is 14.3 Å². The first-order valence-corrected chi connectivity index (χ1v) is 12.5. The number of rotatable bonds is 22. The maximum Gasteiger partial charge on any atom is 0.132 e. The summed E-state index contributed by atoms with van der Waals surface area (Å²) in [5.74, 6) is 0.433. The number of carbonyl (C=O) groups excluding carboxylic acids is 1. The molecule has 0 bridgehead atoms. The number of aliphatic hydroxyl groups is 1. The topological polar surface area (TPSA) is 46.5 Å². The summed E-state index contributed by atoms with van der Waals surface area (Å²) >= 11 is 0. The molecule has 1 atom stereocenters. The monoisotopic (exact) mass is 414 g/mol. The lowest BCUT2D eigenvalue weighted by Gasteiger charge is -2.31. The summed E-state index contributed by atoms with van der Waals surface area (Å²) in [7, 11) is 4.30. The number of Topliss-reactive ketones (excluding diaryl/α,β-unsaturated/α-hetero) is 1. The van der Waals surface area contributed by atoms with Gasteiger partial charge in [0.15, 0.2) is 0 Å². The summed E-state index contributed by atoms with van der Waals surface area (Å²) in [6, 6.07) is 0. The quantitative estimate of drug-likeness (QED) is 0.177. The highest BCUT2D eigenvalue weighted by molar-refractivity contribution is 5.78. The lowest BCUT2D eigenvalue weighted by atomic mass is 10.0. The van der Waals surface area contributed by atoms with Gasteiger partial charge in [-0.2, -0.15) is 0 Å². The minimum absolute atomic E-state index is 0.407. The summed E-state index contributed by atoms with van der Waals surface area (Å²) in [4.78, 5) is 12.1. The van der Waals surface area contributed by atoms with Crippen LogP contribution in [0.4, 0.5) is 0 Å². The highest BCUT2D eigenvalue weighted by Gasteiger charge is 2.20. The van der Waals surface area contributed by atoms with Crippen LogP contribution in [0.1, 0.15) is 110 Å². The third-order valence-corrected chi connectivity index (χ3v) is 5.69. The predicted octanol–water partition coefficient (Wildman–Crippen LogP) is 5.90. The van der Waals surface area contributed by atoms with E-state index in [1.807, 2.05) is 0 Å². The van der Waals surface area contributed by atoms with Crippen LogP contribution in [-0.4, -0.2) is 61.9 Å². The Bertz CT molecular complexity index is 371. The third-order valence-electron chi connectivity index (χ3n) is 5.69. The molecule has 0 aromatic heterocycles. The zero-order valence-corrected chi connectivity index (χ0v) is 20.2. The van der Waals surface area contributed by atoms with E-state index in [0.29, 0.717) is 18.9 Å². The van der Waals surface area contributed by atoms with Crippen molar-refractivity contribution in [2.75, 3.05) is 40.4 Å². The lowest BCUT2D eigenvalue weighted by molar-refractivity contribution is -0.893. The van der Waals surface area contributed by atoms with Crippen LogP contribution in [0.15, 0.2) is 0 Å². The molecule has 0 aromatic rings. The van der Waals surface area contributed by atoms with E-state index in [1.165, 1.54) is 51.4 Å². The molecule has 174 valence electrons. The molecule has 0 aliphatic heterocycles. The van der Waals surface area contributed by atoms with Gasteiger partial charge in [0.25, 0.3) is 0 Å². The number of likely N-dealkylation sites (N-methyl/N-ethyl adjacent to an activating group) is 1. The number of hydrogen-bond acceptors (Lipinski definition) is 3. The second-order valence-corrected chi connectivity index (χ2v) is 9.50. The van der Waals surface area contributed by atoms with Crippen molar-refractivity contribution in [3.8, 4) is 0 Å². The molecule has 0 aliphatic rings. The van der Waals surface area contributed by atoms with E-state index in [9.17, 15) is 9.90 Å². The van der Waals surface area contributed by atoms with Gasteiger partial charge in [-0.25, -0.2) is 0 Å². The van der Waals surface area contributed by atoms with Crippen LogP contribution in [0, 0.1) is 0 Å². The van der Waals surface area contributed by atoms with E-state index < -0.39 is 6.10 Å². The first-order chi connectivity index (χ1) is 13.9. The summed E-state index contributed by atoms with van der Waals surface area (Å²) in [5, 5.41) is 10.1. The molecule has 0 fully saturated rings. The van der Waals surface area contributed by atoms with E-state index in [1.54, 1.807) is 0 Å². The number of unbranched alkanes of at least 4 members (excludes halogenated alkanes) is 10. The maximum atomic E-state index is 12.1. The zero-order chi connectivity index (χ0) is 21.8. The molecule has 0 amide bonds. The molecule has 0 radical (unpaired) electrons. The summed E-state index contributed by atoms with van der Waals surface area (Å²) in [6.45, 7) is 7.27. The van der Waals surface area contributed by atoms with Crippen LogP contribution < -0.4 is 0 Å². The molecule has 29 heavy (non-hydrogen) atoms. The van der Waals surface area contributed by atoms with Crippen molar-refractivity contribution in [2.24, 2.45) is 0 Å². The van der Waals surface area contributed by atoms with Crippen LogP contribution in [0.25, 0.3) is 0 Å². The van der Waals surface area contributed by atoms with Crippen molar-refractivity contribution in [1.29, 1.82) is 0 Å². The van der Waals surface area contributed by atoms with Gasteiger partial charge in [-0.15, -0.1) is 0 Å². The number of ketones is 1. The Balaban J connectivity index is 3.58. The Labute approximate surface area is 182 Å². The fraction of sp³-hybridized carbons (Fsp3) is 0.960. The van der Waals surface area contributed by atoms with Gasteiger partial charge >= 0.3 is 0 Å². The van der Waals surface area contributed by atoms with Gasteiger partial charge in [-0.1, -0.05) is 71.6 Å². The highest BCUT2D eigenvalue weighted by atomic mass is 16.5. The molecule has 0 saturated carbocycles. The second-order valence-electron chi connectivity index (χ2n) is 9.50. The van der Waals surface area contributed by atoms with Crippen LogP contribution in [-0.2, 0) is 9.53 Å². The highest BCUT2D eigenvalue weighted by Crippen LogP contribution is 2.12. The van der Waals surface area contributed by atoms with Crippen LogP contribution >= 0.6 is 0 Å². The van der Waals surface area contributed by atoms with E-state index in [0.717, 1.165) is 62.6 Å². The molecular formula is C25H52NO3+. The molecule has 0 heterocycles. The van der Waals surface area contributed by atoms with E-state index >= 15 is 0 Å². The number of ether oxygens (including phenoxy) is 1. The van der Waals surface area contributed by atoms with Gasteiger partial charge in [0.1, 0.15) is 18.4 Å². The van der Waals surface area contributed by atoms with E-state index in [-0.39, 0.29) is 0 Å². The number of nitrogens with zero attached hydrogens (tertiary/aromatic N) is 1. The van der Waals surface area contributed by atoms with Gasteiger partial charge in [0.05, 0.1) is 27.2 Å². The Hall–Kier alpha value is -0.450. The maximum absolute atomic E-state index is 12.1. The zero-order valence-electron chi connectivity index (χ0n) is 20.2. The van der Waals surface area contributed by atoms with Gasteiger partial charge in [-0.05, 0) is 25.7 Å². The molecular weight excluding hydrogens is 362 g/mol. The fourth-order valence-electron chi connectivity index (χ4n) is 3.80. The van der Waals surface area contributed by atoms with Crippen molar-refractivity contribution in [3.05, 3.63) is 0 Å². The number of carbonyl (C=O) groups is 1. The summed E-state index contributed by atoms with van der Waals surface area (Å²) in [5.41, 5.74) is 0. The number of quaternary nitrogens is 1. The largest absolute Gasteiger partial charge is 0.385 e. The van der Waals surface area contributed by atoms with Crippen molar-refractivity contribution in [1.82, 2.24) is 0 Å². The SMILES string of the molecule is CCCCCCCCCCCC(=O)CCCC[N+](C)(C)CC(O)COCCCC. The van der Waals surface area contributed by atoms with E-state index in [4.69, 9.17) is 4.74 Å². The Kier molecular flexibility index (Phi) is 19.2. The minimum Gasteiger partial charge on any atom is -0.385 e. The molecule has 1 N–H and O–H groups in total. The lowest BCUT2D eigenvalue weighted by Crippen LogP contribution is -2.47. The smallest absolute Gasteiger partial charge is 0.132 e. The fourth-order valence-corrected chi connectivity index (χ4v) is 3.80. The van der Waals surface area contributed by atoms with Crippen molar-refractivity contribution in [3.63, 3.8) is 0 Å². The number of hydrogen-bond donors (Lipinski definition) is 1. The van der Waals surface area contributed by atoms with Gasteiger partial charge in [0.2, 0.25) is 0 Å². The molecule has 0 aromatic carbocycles. The standard InChI is InChI=1S/C25H52NO3/c1-5-7-9-10-11-12-13-14-15-18-24(27)19-16-17-20-26(3,4)22-25(28)23-29-21-8-6-2/h25,28H,5-23H2,1-4H3/q+1. The molecule has 0 rings (SSSR count). The van der Waals surface area contributed by atoms with Crippen molar-refractivity contribution >= 4 is 5.78 Å². The average molecular weight is 415 g/mol. The molecule has 4 heteroatoms. The second kappa shape index (κ2) is 19.5. The van der Waals surface area contributed by atoms with Gasteiger partial charge in [0, 0.05) is 19.4 Å². The van der Waals surface area contributed by atoms with Crippen LogP contribution in [0.3, 0.4) is 0 Å². The van der Waals surface area contributed by atoms with Crippen LogP contribution in [0.2, 0.25) is 0 Å². The molecule has 0 spiro atoms. The molecule has 1 unspecified atom stereocenters. The molecule has 4 nitrogen and oxygen atoms in total. The molecule has 0 saturated heterocycles. The predicted molar refractivity (Wildman–Crippen MR) is 124 cm³/mol. The van der Waals surface area contributed by atoms with Crippen molar-refractivity contribution in [2.45, 2.75) is 116 Å². The Morgan fingerprint density at radius 3 is 1.90 bits per heavy atom. The van der Waals surface area contributed by atoms with Crippen molar-refractivity contribution < 1.29 is 19.1 Å². The normalized spacial score (nSPS) is 13.0. The first-order valence-electron chi connectivity index (χ1n) is 12.5. The first kappa shape index (κ1) is 28.5. The van der Waals surface area contributed by atoms with Crippen LogP contribution in [0.5, 0.6) is 0 Å². The summed E-state index contributed by atoms with van der Waals surface area (Å²) in [6.07, 6.45) is 17.0. The Morgan fingerprint density at radius 1 is 0.793 bits per heavy atom. The van der Waals surface area contributed by atoms with Gasteiger partial charge in [-0.3, -0.25) is 4.79 Å². The average Bonchev–Trinajstić information content (AvgIpc) is 2.67. The minimum atomic E-state index is -0.407. The third kappa shape index (κ3) is 20.6. The van der Waals surface area contributed by atoms with E-state index in [2.05, 4.69) is 27.9 Å². The molecule has 0 aliphatic carbocycles. The Morgan fingerprint density at radius 2 is 1.31 bits per heavy atom.